The van der Waals surface area contributed by atoms with E-state index in [4.69, 9.17) is 0 Å². The molecule has 0 aliphatic heterocycles. The molecule has 0 saturated heterocycles. The van der Waals surface area contributed by atoms with Crippen molar-refractivity contribution in [1.82, 2.24) is 10.3 Å². The number of hydrogen-bond acceptors (Lipinski definition) is 2. The fourth-order valence-corrected chi connectivity index (χ4v) is 2.35. The summed E-state index contributed by atoms with van der Waals surface area (Å²) in [5, 5.41) is 3.53. The largest absolute Gasteiger partial charge is 0.314 e. The number of aromatic nitrogens is 1. The van der Waals surface area contributed by atoms with Crippen LogP contribution in [-0.2, 0) is 12.8 Å². The molecule has 1 aromatic heterocycles. The number of pyridine rings is 1. The van der Waals surface area contributed by atoms with E-state index in [0.717, 1.165) is 19.4 Å². The van der Waals surface area contributed by atoms with E-state index < -0.39 is 0 Å². The van der Waals surface area contributed by atoms with Gasteiger partial charge in [0.1, 0.15) is 0 Å². The van der Waals surface area contributed by atoms with Gasteiger partial charge in [0.05, 0.1) is 0 Å². The lowest BCUT2D eigenvalue weighted by Gasteiger charge is -2.13. The van der Waals surface area contributed by atoms with Gasteiger partial charge in [-0.1, -0.05) is 31.2 Å². The van der Waals surface area contributed by atoms with Crippen molar-refractivity contribution in [3.05, 3.63) is 65.5 Å². The third kappa shape index (κ3) is 4.78. The van der Waals surface area contributed by atoms with Gasteiger partial charge < -0.3 is 5.32 Å². The van der Waals surface area contributed by atoms with E-state index in [-0.39, 0.29) is 0 Å². The van der Waals surface area contributed by atoms with E-state index in [0.29, 0.717) is 6.04 Å². The molecule has 1 N–H and O–H groups in total. The van der Waals surface area contributed by atoms with Crippen molar-refractivity contribution in [3.8, 4) is 0 Å². The Kier molecular flexibility index (Phi) is 5.75. The Morgan fingerprint density at radius 1 is 0.950 bits per heavy atom. The van der Waals surface area contributed by atoms with Gasteiger partial charge in [0.25, 0.3) is 0 Å². The maximum absolute atomic E-state index is 4.05. The Morgan fingerprint density at radius 3 is 2.20 bits per heavy atom. The monoisotopic (exact) mass is 268 g/mol. The van der Waals surface area contributed by atoms with Crippen LogP contribution in [0.15, 0.2) is 48.8 Å². The van der Waals surface area contributed by atoms with Crippen molar-refractivity contribution >= 4 is 0 Å². The number of hydrogen-bond donors (Lipinski definition) is 1. The second kappa shape index (κ2) is 7.81. The lowest BCUT2D eigenvalue weighted by molar-refractivity contribution is 0.543. The van der Waals surface area contributed by atoms with Crippen molar-refractivity contribution in [2.75, 3.05) is 6.54 Å². The van der Waals surface area contributed by atoms with Crippen LogP contribution in [0.4, 0.5) is 0 Å². The quantitative estimate of drug-likeness (QED) is 0.830. The van der Waals surface area contributed by atoms with Crippen LogP contribution in [0.5, 0.6) is 0 Å². The highest BCUT2D eigenvalue weighted by Crippen LogP contribution is 2.11. The molecule has 2 heteroatoms. The maximum Gasteiger partial charge on any atom is 0.0270 e. The number of benzene rings is 1. The molecule has 2 aromatic rings. The van der Waals surface area contributed by atoms with Gasteiger partial charge in [-0.3, -0.25) is 4.98 Å². The Morgan fingerprint density at radius 2 is 1.55 bits per heavy atom. The summed E-state index contributed by atoms with van der Waals surface area (Å²) in [6, 6.07) is 13.7. The minimum absolute atomic E-state index is 0.543. The molecule has 1 unspecified atom stereocenters. The fourth-order valence-electron chi connectivity index (χ4n) is 2.35. The van der Waals surface area contributed by atoms with E-state index in [2.05, 4.69) is 60.5 Å². The first kappa shape index (κ1) is 14.7. The molecule has 0 radical (unpaired) electrons. The predicted molar refractivity (Wildman–Crippen MR) is 84.9 cm³/mol. The van der Waals surface area contributed by atoms with E-state index in [1.54, 1.807) is 0 Å². The van der Waals surface area contributed by atoms with E-state index in [1.807, 2.05) is 12.4 Å². The van der Waals surface area contributed by atoms with Crippen molar-refractivity contribution in [1.29, 1.82) is 0 Å². The van der Waals surface area contributed by atoms with Crippen LogP contribution in [0.2, 0.25) is 0 Å². The van der Waals surface area contributed by atoms with Gasteiger partial charge in [0, 0.05) is 18.4 Å². The van der Waals surface area contributed by atoms with Gasteiger partial charge in [-0.25, -0.2) is 0 Å². The zero-order valence-corrected chi connectivity index (χ0v) is 12.5. The highest BCUT2D eigenvalue weighted by molar-refractivity contribution is 5.28. The molecule has 0 aliphatic rings. The molecular formula is C18H24N2. The summed E-state index contributed by atoms with van der Waals surface area (Å²) < 4.78 is 0. The lowest BCUT2D eigenvalue weighted by atomic mass is 10.0. The van der Waals surface area contributed by atoms with Crippen molar-refractivity contribution in [3.63, 3.8) is 0 Å². The minimum atomic E-state index is 0.543. The standard InChI is InChI=1S/C18H24N2/c1-3-10-20-15(2)13-16-4-6-17(7-5-16)14-18-8-11-19-12-9-18/h4-9,11-12,15,20H,3,10,13-14H2,1-2H3. The molecule has 0 aliphatic carbocycles. The molecule has 1 atom stereocenters. The molecule has 2 rings (SSSR count). The van der Waals surface area contributed by atoms with Gasteiger partial charge in [-0.15, -0.1) is 0 Å². The summed E-state index contributed by atoms with van der Waals surface area (Å²) in [4.78, 5) is 4.05. The summed E-state index contributed by atoms with van der Waals surface area (Å²) in [6.45, 7) is 5.55. The van der Waals surface area contributed by atoms with Crippen LogP contribution in [0.1, 0.15) is 37.0 Å². The Labute approximate surface area is 122 Å². The Balaban J connectivity index is 1.89. The first-order valence-corrected chi connectivity index (χ1v) is 7.48. The molecule has 0 fully saturated rings. The zero-order valence-electron chi connectivity index (χ0n) is 12.5. The Hall–Kier alpha value is -1.67. The van der Waals surface area contributed by atoms with Crippen molar-refractivity contribution < 1.29 is 0 Å². The van der Waals surface area contributed by atoms with Crippen LogP contribution in [0, 0.1) is 0 Å². The number of nitrogens with one attached hydrogen (secondary N) is 1. The summed E-state index contributed by atoms with van der Waals surface area (Å²) >= 11 is 0. The average Bonchev–Trinajstić information content (AvgIpc) is 2.48. The molecule has 106 valence electrons. The first-order chi connectivity index (χ1) is 9.78. The molecule has 20 heavy (non-hydrogen) atoms. The van der Waals surface area contributed by atoms with Gasteiger partial charge >= 0.3 is 0 Å². The van der Waals surface area contributed by atoms with Crippen LogP contribution >= 0.6 is 0 Å². The molecule has 0 bridgehead atoms. The highest BCUT2D eigenvalue weighted by Gasteiger charge is 2.02. The molecule has 1 aromatic carbocycles. The van der Waals surface area contributed by atoms with Crippen molar-refractivity contribution in [2.24, 2.45) is 0 Å². The summed E-state index contributed by atoms with van der Waals surface area (Å²) in [6.07, 6.45) is 6.97. The van der Waals surface area contributed by atoms with Crippen LogP contribution in [-0.4, -0.2) is 17.6 Å². The first-order valence-electron chi connectivity index (χ1n) is 7.48. The fraction of sp³-hybridized carbons (Fsp3) is 0.389. The van der Waals surface area contributed by atoms with Gasteiger partial charge in [0.15, 0.2) is 0 Å². The Bertz CT molecular complexity index is 491. The van der Waals surface area contributed by atoms with Gasteiger partial charge in [-0.2, -0.15) is 0 Å². The summed E-state index contributed by atoms with van der Waals surface area (Å²) in [5.41, 5.74) is 4.07. The molecule has 2 nitrogen and oxygen atoms in total. The minimum Gasteiger partial charge on any atom is -0.314 e. The second-order valence-corrected chi connectivity index (χ2v) is 5.41. The molecule has 0 saturated carbocycles. The predicted octanol–water partition coefficient (Wildman–Crippen LogP) is 3.60. The van der Waals surface area contributed by atoms with Crippen LogP contribution in [0.25, 0.3) is 0 Å². The zero-order chi connectivity index (χ0) is 14.2. The number of nitrogens with zero attached hydrogens (tertiary/aromatic N) is 1. The highest BCUT2D eigenvalue weighted by atomic mass is 14.9. The third-order valence-corrected chi connectivity index (χ3v) is 3.47. The van der Waals surface area contributed by atoms with E-state index >= 15 is 0 Å². The normalized spacial score (nSPS) is 12.3. The summed E-state index contributed by atoms with van der Waals surface area (Å²) in [7, 11) is 0. The smallest absolute Gasteiger partial charge is 0.0270 e. The SMILES string of the molecule is CCCNC(C)Cc1ccc(Cc2ccncc2)cc1. The lowest BCUT2D eigenvalue weighted by Crippen LogP contribution is -2.28. The molecule has 0 spiro atoms. The van der Waals surface area contributed by atoms with Gasteiger partial charge in [0.2, 0.25) is 0 Å². The third-order valence-electron chi connectivity index (χ3n) is 3.47. The van der Waals surface area contributed by atoms with Crippen molar-refractivity contribution in [2.45, 2.75) is 39.2 Å². The van der Waals surface area contributed by atoms with Crippen LogP contribution in [0.3, 0.4) is 0 Å². The maximum atomic E-state index is 4.05. The number of rotatable bonds is 7. The molecule has 0 amide bonds. The molecule has 1 heterocycles. The average molecular weight is 268 g/mol. The topological polar surface area (TPSA) is 24.9 Å². The summed E-state index contributed by atoms with van der Waals surface area (Å²) in [5.74, 6) is 0. The van der Waals surface area contributed by atoms with Gasteiger partial charge in [-0.05, 0) is 61.6 Å². The van der Waals surface area contributed by atoms with E-state index in [9.17, 15) is 0 Å². The second-order valence-electron chi connectivity index (χ2n) is 5.41. The van der Waals surface area contributed by atoms with E-state index in [1.165, 1.54) is 23.1 Å². The van der Waals surface area contributed by atoms with Crippen LogP contribution < -0.4 is 5.32 Å². The molecular weight excluding hydrogens is 244 g/mol.